The molecule has 8 heteroatoms. The molecule has 0 radical (unpaired) electrons. The van der Waals surface area contributed by atoms with Crippen molar-refractivity contribution in [1.29, 1.82) is 0 Å². The minimum atomic E-state index is -0.226. The van der Waals surface area contributed by atoms with Gasteiger partial charge in [0, 0.05) is 32.6 Å². The van der Waals surface area contributed by atoms with Crippen molar-refractivity contribution >= 4 is 28.4 Å². The molecule has 0 saturated carbocycles. The summed E-state index contributed by atoms with van der Waals surface area (Å²) in [5.74, 6) is -0.212. The fraction of sp³-hybridized carbons (Fsp3) is 0.333. The summed E-state index contributed by atoms with van der Waals surface area (Å²) < 4.78 is 0. The van der Waals surface area contributed by atoms with Crippen molar-refractivity contribution in [1.82, 2.24) is 20.4 Å². The van der Waals surface area contributed by atoms with E-state index in [1.54, 1.807) is 14.1 Å². The number of amides is 3. The van der Waals surface area contributed by atoms with Gasteiger partial charge in [-0.3, -0.25) is 4.79 Å². The van der Waals surface area contributed by atoms with Crippen molar-refractivity contribution in [3.8, 4) is 10.6 Å². The zero-order valence-corrected chi connectivity index (χ0v) is 14.1. The van der Waals surface area contributed by atoms with E-state index in [9.17, 15) is 9.59 Å². The quantitative estimate of drug-likeness (QED) is 0.877. The second kappa shape index (κ2) is 7.68. The van der Waals surface area contributed by atoms with Gasteiger partial charge in [-0.2, -0.15) is 0 Å². The van der Waals surface area contributed by atoms with E-state index in [-0.39, 0.29) is 24.9 Å². The molecule has 1 aromatic carbocycles. The zero-order chi connectivity index (χ0) is 16.8. The Morgan fingerprint density at radius 1 is 1.26 bits per heavy atom. The van der Waals surface area contributed by atoms with E-state index >= 15 is 0 Å². The van der Waals surface area contributed by atoms with Crippen LogP contribution in [0.5, 0.6) is 0 Å². The van der Waals surface area contributed by atoms with Crippen LogP contribution in [-0.4, -0.2) is 47.7 Å². The average molecular weight is 333 g/mol. The highest BCUT2D eigenvalue weighted by molar-refractivity contribution is 7.18. The van der Waals surface area contributed by atoms with Gasteiger partial charge in [0.2, 0.25) is 11.0 Å². The third-order valence-electron chi connectivity index (χ3n) is 2.97. The number of nitrogens with one attached hydrogen (secondary N) is 2. The molecule has 7 nitrogen and oxygen atoms in total. The van der Waals surface area contributed by atoms with Crippen LogP contribution < -0.4 is 10.6 Å². The van der Waals surface area contributed by atoms with E-state index in [4.69, 9.17) is 0 Å². The molecule has 0 atom stereocenters. The van der Waals surface area contributed by atoms with Crippen molar-refractivity contribution < 1.29 is 9.59 Å². The number of carbonyl (C=O) groups is 2. The van der Waals surface area contributed by atoms with Crippen LogP contribution >= 0.6 is 11.3 Å². The zero-order valence-electron chi connectivity index (χ0n) is 13.3. The number of carbonyl (C=O) groups excluding carboxylic acids is 2. The Hall–Kier alpha value is -2.48. The fourth-order valence-corrected chi connectivity index (χ4v) is 2.55. The second-order valence-corrected chi connectivity index (χ2v) is 6.18. The summed E-state index contributed by atoms with van der Waals surface area (Å²) in [5.41, 5.74) is 2.11. The summed E-state index contributed by atoms with van der Waals surface area (Å²) in [4.78, 5) is 24.6. The first kappa shape index (κ1) is 16.9. The molecule has 122 valence electrons. The maximum absolute atomic E-state index is 11.8. The average Bonchev–Trinajstić information content (AvgIpc) is 2.95. The lowest BCUT2D eigenvalue weighted by atomic mass is 10.1. The molecule has 0 aliphatic heterocycles. The molecule has 2 aromatic rings. The van der Waals surface area contributed by atoms with Crippen molar-refractivity contribution in [3.63, 3.8) is 0 Å². The number of rotatable bonds is 5. The molecular weight excluding hydrogens is 314 g/mol. The molecule has 0 spiro atoms. The second-order valence-electron chi connectivity index (χ2n) is 5.21. The Balaban J connectivity index is 1.87. The number of benzene rings is 1. The minimum Gasteiger partial charge on any atom is -0.337 e. The summed E-state index contributed by atoms with van der Waals surface area (Å²) >= 11 is 1.32. The molecule has 23 heavy (non-hydrogen) atoms. The van der Waals surface area contributed by atoms with E-state index in [0.29, 0.717) is 5.13 Å². The van der Waals surface area contributed by atoms with Crippen LogP contribution in [0.15, 0.2) is 24.3 Å². The molecule has 0 aliphatic rings. The molecule has 2 N–H and O–H groups in total. The van der Waals surface area contributed by atoms with E-state index < -0.39 is 0 Å². The molecule has 0 unspecified atom stereocenters. The highest BCUT2D eigenvalue weighted by Crippen LogP contribution is 2.26. The summed E-state index contributed by atoms with van der Waals surface area (Å²) in [6, 6.07) is 7.71. The van der Waals surface area contributed by atoms with Crippen LogP contribution in [0.4, 0.5) is 9.93 Å². The highest BCUT2D eigenvalue weighted by atomic mass is 32.1. The van der Waals surface area contributed by atoms with Gasteiger partial charge in [0.1, 0.15) is 5.01 Å². The Kier molecular flexibility index (Phi) is 5.64. The lowest BCUT2D eigenvalue weighted by molar-refractivity contribution is -0.116. The Bertz CT molecular complexity index is 699. The predicted molar refractivity (Wildman–Crippen MR) is 90.4 cm³/mol. The highest BCUT2D eigenvalue weighted by Gasteiger charge is 2.10. The molecule has 2 rings (SSSR count). The molecular formula is C15H19N5O2S. The Morgan fingerprint density at radius 3 is 2.74 bits per heavy atom. The van der Waals surface area contributed by atoms with Crippen LogP contribution in [0.25, 0.3) is 10.6 Å². The maximum atomic E-state index is 11.8. The summed E-state index contributed by atoms with van der Waals surface area (Å²) in [6.45, 7) is 2.28. The number of aryl methyl sites for hydroxylation is 1. The summed E-state index contributed by atoms with van der Waals surface area (Å²) in [6.07, 6.45) is 0.180. The lowest BCUT2D eigenvalue weighted by Gasteiger charge is -2.11. The Morgan fingerprint density at radius 2 is 2.04 bits per heavy atom. The van der Waals surface area contributed by atoms with Crippen molar-refractivity contribution in [3.05, 3.63) is 29.8 Å². The van der Waals surface area contributed by atoms with Crippen LogP contribution in [0.3, 0.4) is 0 Å². The van der Waals surface area contributed by atoms with Crippen LogP contribution in [0, 0.1) is 6.92 Å². The monoisotopic (exact) mass is 333 g/mol. The standard InChI is InChI=1S/C15H19N5O2S/c1-10-5-4-6-11(9-10)13-18-19-14(23-13)17-12(21)7-8-16-15(22)20(2)3/h4-6,9H,7-8H2,1-3H3,(H,16,22)(H,17,19,21). The fourth-order valence-electron chi connectivity index (χ4n) is 1.79. The predicted octanol–water partition coefficient (Wildman–Crippen LogP) is 2.11. The molecule has 3 amide bonds. The van der Waals surface area contributed by atoms with Gasteiger partial charge in [0.15, 0.2) is 0 Å². The Labute approximate surface area is 138 Å². The third kappa shape index (κ3) is 5.03. The van der Waals surface area contributed by atoms with Crippen LogP contribution in [-0.2, 0) is 4.79 Å². The number of aromatic nitrogens is 2. The maximum Gasteiger partial charge on any atom is 0.316 e. The molecule has 0 aliphatic carbocycles. The van der Waals surface area contributed by atoms with Crippen molar-refractivity contribution in [2.45, 2.75) is 13.3 Å². The molecule has 1 heterocycles. The third-order valence-corrected chi connectivity index (χ3v) is 3.86. The lowest BCUT2D eigenvalue weighted by Crippen LogP contribution is -2.36. The van der Waals surface area contributed by atoms with Gasteiger partial charge < -0.3 is 15.5 Å². The van der Waals surface area contributed by atoms with Crippen LogP contribution in [0.1, 0.15) is 12.0 Å². The molecule has 0 fully saturated rings. The van der Waals surface area contributed by atoms with E-state index in [1.165, 1.54) is 16.2 Å². The summed E-state index contributed by atoms with van der Waals surface area (Å²) in [7, 11) is 3.28. The number of hydrogen-bond acceptors (Lipinski definition) is 5. The molecule has 0 saturated heterocycles. The summed E-state index contributed by atoms with van der Waals surface area (Å²) in [5, 5.41) is 14.6. The SMILES string of the molecule is Cc1cccc(-c2nnc(NC(=O)CCNC(=O)N(C)C)s2)c1. The molecule has 1 aromatic heterocycles. The normalized spacial score (nSPS) is 10.2. The van der Waals surface area contributed by atoms with Gasteiger partial charge in [-0.15, -0.1) is 10.2 Å². The van der Waals surface area contributed by atoms with Crippen LogP contribution in [0.2, 0.25) is 0 Å². The topological polar surface area (TPSA) is 87.2 Å². The van der Waals surface area contributed by atoms with E-state index in [1.807, 2.05) is 31.2 Å². The largest absolute Gasteiger partial charge is 0.337 e. The first-order chi connectivity index (χ1) is 11.0. The first-order valence-electron chi connectivity index (χ1n) is 7.11. The van der Waals surface area contributed by atoms with Gasteiger partial charge in [0.05, 0.1) is 0 Å². The van der Waals surface area contributed by atoms with Gasteiger partial charge in [-0.1, -0.05) is 35.1 Å². The van der Waals surface area contributed by atoms with Gasteiger partial charge >= 0.3 is 6.03 Å². The number of nitrogens with zero attached hydrogens (tertiary/aromatic N) is 3. The minimum absolute atomic E-state index is 0.180. The van der Waals surface area contributed by atoms with E-state index in [0.717, 1.165) is 16.1 Å². The van der Waals surface area contributed by atoms with Gasteiger partial charge in [0.25, 0.3) is 0 Å². The van der Waals surface area contributed by atoms with Crippen molar-refractivity contribution in [2.24, 2.45) is 0 Å². The first-order valence-corrected chi connectivity index (χ1v) is 7.93. The van der Waals surface area contributed by atoms with Gasteiger partial charge in [-0.05, 0) is 13.0 Å². The number of anilines is 1. The van der Waals surface area contributed by atoms with E-state index in [2.05, 4.69) is 20.8 Å². The van der Waals surface area contributed by atoms with Crippen molar-refractivity contribution in [2.75, 3.05) is 26.0 Å². The number of urea groups is 1. The molecule has 0 bridgehead atoms. The smallest absolute Gasteiger partial charge is 0.316 e. The van der Waals surface area contributed by atoms with Gasteiger partial charge in [-0.25, -0.2) is 4.79 Å². The number of hydrogen-bond donors (Lipinski definition) is 2.